The van der Waals surface area contributed by atoms with E-state index < -0.39 is 0 Å². The second-order valence-electron chi connectivity index (χ2n) is 2.86. The molecule has 0 aromatic heterocycles. The molecule has 4 heteroatoms. The first-order chi connectivity index (χ1) is 5.68. The monoisotopic (exact) mass is 173 g/mol. The van der Waals surface area contributed by atoms with Gasteiger partial charge in [0.05, 0.1) is 0 Å². The van der Waals surface area contributed by atoms with Gasteiger partial charge < -0.3 is 15.4 Å². The molecule has 0 aromatic rings. The maximum atomic E-state index is 7.10. The number of hydrogen-bond acceptors (Lipinski definition) is 2. The van der Waals surface area contributed by atoms with Crippen molar-refractivity contribution in [3.63, 3.8) is 0 Å². The van der Waals surface area contributed by atoms with E-state index >= 15 is 0 Å². The maximum Gasteiger partial charge on any atom is 0.188 e. The van der Waals surface area contributed by atoms with Crippen LogP contribution in [-0.2, 0) is 4.74 Å². The highest BCUT2D eigenvalue weighted by Gasteiger charge is 1.97. The van der Waals surface area contributed by atoms with E-state index in [0.29, 0.717) is 0 Å². The van der Waals surface area contributed by atoms with Crippen LogP contribution in [0.5, 0.6) is 0 Å². The van der Waals surface area contributed by atoms with E-state index in [1.54, 1.807) is 12.0 Å². The van der Waals surface area contributed by atoms with Crippen molar-refractivity contribution in [2.24, 2.45) is 5.73 Å². The number of nitrogens with two attached hydrogens (primary N) is 1. The lowest BCUT2D eigenvalue weighted by atomic mass is 10.2. The molecule has 0 unspecified atom stereocenters. The van der Waals surface area contributed by atoms with E-state index in [4.69, 9.17) is 15.9 Å². The molecular weight excluding hydrogens is 154 g/mol. The SMILES string of the molecule is COCCCCCN(C)C(=N)N. The summed E-state index contributed by atoms with van der Waals surface area (Å²) in [6.45, 7) is 1.68. The van der Waals surface area contributed by atoms with Crippen LogP contribution in [0, 0.1) is 5.41 Å². The maximum absolute atomic E-state index is 7.10. The van der Waals surface area contributed by atoms with Crippen molar-refractivity contribution in [2.75, 3.05) is 27.3 Å². The van der Waals surface area contributed by atoms with Gasteiger partial charge in [0.1, 0.15) is 0 Å². The summed E-state index contributed by atoms with van der Waals surface area (Å²) in [5.74, 6) is 0.141. The predicted molar refractivity (Wildman–Crippen MR) is 50.3 cm³/mol. The first-order valence-electron chi connectivity index (χ1n) is 4.22. The Morgan fingerprint density at radius 2 is 2.08 bits per heavy atom. The number of nitrogens with one attached hydrogen (secondary N) is 1. The molecule has 0 aliphatic carbocycles. The zero-order chi connectivity index (χ0) is 9.40. The van der Waals surface area contributed by atoms with E-state index in [1.165, 1.54) is 0 Å². The minimum Gasteiger partial charge on any atom is -0.385 e. The molecule has 0 aromatic carbocycles. The standard InChI is InChI=1S/C8H19N3O/c1-11(8(9)10)6-4-3-5-7-12-2/h3-7H2,1-2H3,(H3,9,10). The summed E-state index contributed by atoms with van der Waals surface area (Å²) in [6, 6.07) is 0. The van der Waals surface area contributed by atoms with E-state index in [0.717, 1.165) is 32.4 Å². The number of guanidine groups is 1. The summed E-state index contributed by atoms with van der Waals surface area (Å²) in [6.07, 6.45) is 3.28. The van der Waals surface area contributed by atoms with Gasteiger partial charge in [0, 0.05) is 27.3 Å². The third kappa shape index (κ3) is 5.97. The highest BCUT2D eigenvalue weighted by molar-refractivity contribution is 5.74. The Hall–Kier alpha value is -0.770. The van der Waals surface area contributed by atoms with Gasteiger partial charge in [0.2, 0.25) is 0 Å². The summed E-state index contributed by atoms with van der Waals surface area (Å²) in [7, 11) is 3.54. The van der Waals surface area contributed by atoms with Crippen LogP contribution in [0.25, 0.3) is 0 Å². The summed E-state index contributed by atoms with van der Waals surface area (Å²) < 4.78 is 4.92. The average molecular weight is 173 g/mol. The predicted octanol–water partition coefficient (Wildman–Crippen LogP) is 0.628. The van der Waals surface area contributed by atoms with Crippen LogP contribution in [0.2, 0.25) is 0 Å². The van der Waals surface area contributed by atoms with Gasteiger partial charge in [-0.1, -0.05) is 0 Å². The van der Waals surface area contributed by atoms with Crippen molar-refractivity contribution < 1.29 is 4.74 Å². The van der Waals surface area contributed by atoms with E-state index in [-0.39, 0.29) is 5.96 Å². The fourth-order valence-corrected chi connectivity index (χ4v) is 0.893. The minimum absolute atomic E-state index is 0.141. The van der Waals surface area contributed by atoms with Gasteiger partial charge in [-0.2, -0.15) is 0 Å². The highest BCUT2D eigenvalue weighted by Crippen LogP contribution is 1.96. The Labute approximate surface area is 74.2 Å². The third-order valence-corrected chi connectivity index (χ3v) is 1.75. The van der Waals surface area contributed by atoms with Crippen LogP contribution in [0.3, 0.4) is 0 Å². The number of methoxy groups -OCH3 is 1. The molecule has 0 radical (unpaired) electrons. The summed E-state index contributed by atoms with van der Waals surface area (Å²) >= 11 is 0. The lowest BCUT2D eigenvalue weighted by Gasteiger charge is -2.15. The molecule has 12 heavy (non-hydrogen) atoms. The molecule has 0 bridgehead atoms. The summed E-state index contributed by atoms with van der Waals surface area (Å²) in [5, 5.41) is 7.10. The quantitative estimate of drug-likeness (QED) is 0.352. The molecule has 0 atom stereocenters. The van der Waals surface area contributed by atoms with Crippen LogP contribution in [0.4, 0.5) is 0 Å². The molecule has 0 aliphatic rings. The normalized spacial score (nSPS) is 9.83. The Morgan fingerprint density at radius 1 is 1.42 bits per heavy atom. The van der Waals surface area contributed by atoms with Crippen molar-refractivity contribution in [3.8, 4) is 0 Å². The Bertz CT molecular complexity index is 127. The van der Waals surface area contributed by atoms with Gasteiger partial charge in [-0.15, -0.1) is 0 Å². The summed E-state index contributed by atoms with van der Waals surface area (Å²) in [4.78, 5) is 1.74. The molecule has 0 aliphatic heterocycles. The van der Waals surface area contributed by atoms with Gasteiger partial charge in [-0.05, 0) is 19.3 Å². The van der Waals surface area contributed by atoms with Gasteiger partial charge in [0.25, 0.3) is 0 Å². The third-order valence-electron chi connectivity index (χ3n) is 1.75. The van der Waals surface area contributed by atoms with Crippen LogP contribution < -0.4 is 5.73 Å². The van der Waals surface area contributed by atoms with E-state index in [1.807, 2.05) is 7.05 Å². The fourth-order valence-electron chi connectivity index (χ4n) is 0.893. The van der Waals surface area contributed by atoms with Crippen LogP contribution in [0.1, 0.15) is 19.3 Å². The molecule has 0 fully saturated rings. The van der Waals surface area contributed by atoms with E-state index in [2.05, 4.69) is 0 Å². The summed E-state index contributed by atoms with van der Waals surface area (Å²) in [5.41, 5.74) is 5.26. The van der Waals surface area contributed by atoms with Crippen LogP contribution in [-0.4, -0.2) is 38.2 Å². The van der Waals surface area contributed by atoms with Gasteiger partial charge in [-0.3, -0.25) is 5.41 Å². The first kappa shape index (κ1) is 11.2. The molecule has 0 amide bonds. The topological polar surface area (TPSA) is 62.3 Å². The molecule has 3 N–H and O–H groups in total. The zero-order valence-electron chi connectivity index (χ0n) is 7.97. The molecule has 4 nitrogen and oxygen atoms in total. The smallest absolute Gasteiger partial charge is 0.188 e. The molecule has 0 saturated carbocycles. The molecular formula is C8H19N3O. The van der Waals surface area contributed by atoms with Crippen LogP contribution >= 0.6 is 0 Å². The molecule has 0 saturated heterocycles. The Kier molecular flexibility index (Phi) is 6.47. The molecule has 0 rings (SSSR count). The lowest BCUT2D eigenvalue weighted by molar-refractivity contribution is 0.191. The second kappa shape index (κ2) is 6.91. The van der Waals surface area contributed by atoms with E-state index in [9.17, 15) is 0 Å². The lowest BCUT2D eigenvalue weighted by Crippen LogP contribution is -2.33. The minimum atomic E-state index is 0.141. The number of unbranched alkanes of at least 4 members (excludes halogenated alkanes) is 2. The van der Waals surface area contributed by atoms with Gasteiger partial charge in [0.15, 0.2) is 5.96 Å². The molecule has 0 heterocycles. The van der Waals surface area contributed by atoms with Crippen molar-refractivity contribution in [2.45, 2.75) is 19.3 Å². The highest BCUT2D eigenvalue weighted by atomic mass is 16.5. The van der Waals surface area contributed by atoms with Crippen LogP contribution in [0.15, 0.2) is 0 Å². The first-order valence-corrected chi connectivity index (χ1v) is 4.22. The number of ether oxygens (including phenoxy) is 1. The van der Waals surface area contributed by atoms with Crippen molar-refractivity contribution in [3.05, 3.63) is 0 Å². The zero-order valence-corrected chi connectivity index (χ0v) is 7.97. The van der Waals surface area contributed by atoms with Gasteiger partial charge >= 0.3 is 0 Å². The van der Waals surface area contributed by atoms with Crippen molar-refractivity contribution in [1.82, 2.24) is 4.90 Å². The largest absolute Gasteiger partial charge is 0.385 e. The number of nitrogens with zero attached hydrogens (tertiary/aromatic N) is 1. The molecule has 0 spiro atoms. The fraction of sp³-hybridized carbons (Fsp3) is 0.875. The Balaban J connectivity index is 3.14. The number of hydrogen-bond donors (Lipinski definition) is 2. The number of rotatable bonds is 6. The Morgan fingerprint density at radius 3 is 2.58 bits per heavy atom. The van der Waals surface area contributed by atoms with Crippen molar-refractivity contribution in [1.29, 1.82) is 5.41 Å². The second-order valence-corrected chi connectivity index (χ2v) is 2.86. The molecule has 72 valence electrons. The average Bonchev–Trinajstić information content (AvgIpc) is 2.03. The van der Waals surface area contributed by atoms with Gasteiger partial charge in [-0.25, -0.2) is 0 Å². The van der Waals surface area contributed by atoms with Crippen molar-refractivity contribution >= 4 is 5.96 Å².